The second-order valence-electron chi connectivity index (χ2n) is 4.07. The molecule has 100 valence electrons. The predicted molar refractivity (Wildman–Crippen MR) is 79.4 cm³/mol. The number of hydrogen-bond acceptors (Lipinski definition) is 3. The normalized spacial score (nSPS) is 10.3. The number of benzene rings is 2. The van der Waals surface area contributed by atoms with Crippen LogP contribution >= 0.6 is 15.9 Å². The molecule has 0 saturated carbocycles. The van der Waals surface area contributed by atoms with Crippen LogP contribution in [0, 0.1) is 0 Å². The lowest BCUT2D eigenvalue weighted by Crippen LogP contribution is -2.02. The van der Waals surface area contributed by atoms with E-state index in [-0.39, 0.29) is 0 Å². The third-order valence-electron chi connectivity index (χ3n) is 2.80. The van der Waals surface area contributed by atoms with Gasteiger partial charge in [0.2, 0.25) is 0 Å². The van der Waals surface area contributed by atoms with Gasteiger partial charge in [-0.1, -0.05) is 24.3 Å². The Balaban J connectivity index is 2.10. The Morgan fingerprint density at radius 1 is 1.11 bits per heavy atom. The van der Waals surface area contributed by atoms with Crippen molar-refractivity contribution in [1.29, 1.82) is 0 Å². The summed E-state index contributed by atoms with van der Waals surface area (Å²) in [4.78, 5) is 0. The van der Waals surface area contributed by atoms with E-state index < -0.39 is 0 Å². The average molecular weight is 322 g/mol. The second kappa shape index (κ2) is 6.59. The monoisotopic (exact) mass is 321 g/mol. The summed E-state index contributed by atoms with van der Waals surface area (Å²) in [5.41, 5.74) is 7.68. The lowest BCUT2D eigenvalue weighted by Gasteiger charge is -2.11. The van der Waals surface area contributed by atoms with Crippen LogP contribution in [0.15, 0.2) is 46.9 Å². The zero-order chi connectivity index (χ0) is 13.7. The third-order valence-corrected chi connectivity index (χ3v) is 3.46. The number of methoxy groups -OCH3 is 1. The quantitative estimate of drug-likeness (QED) is 0.916. The van der Waals surface area contributed by atoms with E-state index in [9.17, 15) is 0 Å². The zero-order valence-corrected chi connectivity index (χ0v) is 12.3. The molecule has 0 aromatic heterocycles. The lowest BCUT2D eigenvalue weighted by atomic mass is 10.1. The highest BCUT2D eigenvalue weighted by molar-refractivity contribution is 9.10. The predicted octanol–water partition coefficient (Wildman–Crippen LogP) is 3.50. The molecule has 0 heterocycles. The highest BCUT2D eigenvalue weighted by Crippen LogP contribution is 2.26. The van der Waals surface area contributed by atoms with Gasteiger partial charge < -0.3 is 15.2 Å². The molecule has 2 aromatic rings. The second-order valence-corrected chi connectivity index (χ2v) is 4.92. The topological polar surface area (TPSA) is 44.5 Å². The Morgan fingerprint density at radius 3 is 2.58 bits per heavy atom. The van der Waals surface area contributed by atoms with Gasteiger partial charge in [-0.2, -0.15) is 0 Å². The minimum absolute atomic E-state index is 0.467. The molecule has 19 heavy (non-hydrogen) atoms. The first-order valence-electron chi connectivity index (χ1n) is 5.97. The van der Waals surface area contributed by atoms with Crippen molar-refractivity contribution in [1.82, 2.24) is 0 Å². The highest BCUT2D eigenvalue weighted by atomic mass is 79.9. The van der Waals surface area contributed by atoms with Gasteiger partial charge in [0.05, 0.1) is 11.6 Å². The maximum Gasteiger partial charge on any atom is 0.133 e. The van der Waals surface area contributed by atoms with Crippen molar-refractivity contribution in [3.8, 4) is 11.5 Å². The number of nitrogens with two attached hydrogens (primary N) is 1. The van der Waals surface area contributed by atoms with Crippen molar-refractivity contribution in [3.63, 3.8) is 0 Å². The van der Waals surface area contributed by atoms with Crippen LogP contribution in [-0.4, -0.2) is 7.11 Å². The Kier molecular flexibility index (Phi) is 4.82. The molecule has 2 N–H and O–H groups in total. The molecular weight excluding hydrogens is 306 g/mol. The van der Waals surface area contributed by atoms with Gasteiger partial charge in [-0.15, -0.1) is 0 Å². The van der Waals surface area contributed by atoms with E-state index in [4.69, 9.17) is 15.2 Å². The zero-order valence-electron chi connectivity index (χ0n) is 10.7. The summed E-state index contributed by atoms with van der Waals surface area (Å²) >= 11 is 3.45. The smallest absolute Gasteiger partial charge is 0.133 e. The standard InChI is InChI=1S/C15H16BrNO2/c1-18-15-8-11(6-7-12(15)9-17)10-19-14-5-3-2-4-13(14)16/h2-8H,9-10,17H2,1H3. The average Bonchev–Trinajstić information content (AvgIpc) is 2.46. The number of hydrogen-bond donors (Lipinski definition) is 1. The molecule has 0 spiro atoms. The van der Waals surface area contributed by atoms with E-state index in [1.165, 1.54) is 0 Å². The minimum Gasteiger partial charge on any atom is -0.496 e. The van der Waals surface area contributed by atoms with Crippen LogP contribution in [0.4, 0.5) is 0 Å². The molecule has 3 nitrogen and oxygen atoms in total. The minimum atomic E-state index is 0.467. The summed E-state index contributed by atoms with van der Waals surface area (Å²) < 4.78 is 12.0. The highest BCUT2D eigenvalue weighted by Gasteiger charge is 2.04. The fourth-order valence-electron chi connectivity index (χ4n) is 1.77. The van der Waals surface area contributed by atoms with E-state index in [1.54, 1.807) is 7.11 Å². The van der Waals surface area contributed by atoms with Gasteiger partial charge in [0.15, 0.2) is 0 Å². The fourth-order valence-corrected chi connectivity index (χ4v) is 2.17. The molecule has 2 rings (SSSR count). The van der Waals surface area contributed by atoms with E-state index in [0.29, 0.717) is 13.2 Å². The molecule has 0 radical (unpaired) electrons. The largest absolute Gasteiger partial charge is 0.496 e. The first kappa shape index (κ1) is 13.9. The summed E-state index contributed by atoms with van der Waals surface area (Å²) in [7, 11) is 1.65. The van der Waals surface area contributed by atoms with Gasteiger partial charge in [-0.05, 0) is 39.7 Å². The van der Waals surface area contributed by atoms with Gasteiger partial charge in [-0.25, -0.2) is 0 Å². The molecule has 0 saturated heterocycles. The Bertz CT molecular complexity index is 558. The maximum absolute atomic E-state index is 5.76. The van der Waals surface area contributed by atoms with Crippen molar-refractivity contribution >= 4 is 15.9 Å². The maximum atomic E-state index is 5.76. The van der Waals surface area contributed by atoms with Crippen LogP contribution in [-0.2, 0) is 13.2 Å². The van der Waals surface area contributed by atoms with Gasteiger partial charge in [0.25, 0.3) is 0 Å². The van der Waals surface area contributed by atoms with Gasteiger partial charge >= 0.3 is 0 Å². The fraction of sp³-hybridized carbons (Fsp3) is 0.200. The third kappa shape index (κ3) is 3.49. The van der Waals surface area contributed by atoms with Crippen molar-refractivity contribution < 1.29 is 9.47 Å². The van der Waals surface area contributed by atoms with E-state index in [0.717, 1.165) is 27.1 Å². The van der Waals surface area contributed by atoms with Gasteiger partial charge in [0.1, 0.15) is 18.1 Å². The number of ether oxygens (including phenoxy) is 2. The molecule has 0 aliphatic carbocycles. The molecule has 0 aliphatic rings. The number of rotatable bonds is 5. The molecule has 0 unspecified atom stereocenters. The number of para-hydroxylation sites is 1. The summed E-state index contributed by atoms with van der Waals surface area (Å²) in [5.74, 6) is 1.63. The van der Waals surface area contributed by atoms with Crippen molar-refractivity contribution in [3.05, 3.63) is 58.1 Å². The van der Waals surface area contributed by atoms with Crippen molar-refractivity contribution in [2.24, 2.45) is 5.73 Å². The SMILES string of the molecule is COc1cc(COc2ccccc2Br)ccc1CN. The molecule has 0 amide bonds. The van der Waals surface area contributed by atoms with Crippen molar-refractivity contribution in [2.75, 3.05) is 7.11 Å². The summed E-state index contributed by atoms with van der Waals surface area (Å²) in [5, 5.41) is 0. The first-order chi connectivity index (χ1) is 9.24. The summed E-state index contributed by atoms with van der Waals surface area (Å²) in [6.07, 6.45) is 0. The van der Waals surface area contributed by atoms with Crippen LogP contribution in [0.3, 0.4) is 0 Å². The molecule has 0 fully saturated rings. The Hall–Kier alpha value is -1.52. The van der Waals surface area contributed by atoms with Crippen molar-refractivity contribution in [2.45, 2.75) is 13.2 Å². The Morgan fingerprint density at radius 2 is 1.89 bits per heavy atom. The lowest BCUT2D eigenvalue weighted by molar-refractivity contribution is 0.303. The summed E-state index contributed by atoms with van der Waals surface area (Å²) in [6.45, 7) is 0.957. The van der Waals surface area contributed by atoms with E-state index in [2.05, 4.69) is 15.9 Å². The van der Waals surface area contributed by atoms with Crippen LogP contribution in [0.5, 0.6) is 11.5 Å². The van der Waals surface area contributed by atoms with Crippen LogP contribution in [0.2, 0.25) is 0 Å². The van der Waals surface area contributed by atoms with Gasteiger partial charge in [0, 0.05) is 12.1 Å². The molecule has 0 atom stereocenters. The van der Waals surface area contributed by atoms with Gasteiger partial charge in [-0.3, -0.25) is 0 Å². The molecule has 2 aromatic carbocycles. The van der Waals surface area contributed by atoms with Crippen LogP contribution in [0.25, 0.3) is 0 Å². The molecule has 0 aliphatic heterocycles. The number of halogens is 1. The van der Waals surface area contributed by atoms with E-state index in [1.807, 2.05) is 42.5 Å². The molecule has 4 heteroatoms. The summed E-state index contributed by atoms with van der Waals surface area (Å²) in [6, 6.07) is 13.7. The van der Waals surface area contributed by atoms with Crippen LogP contribution in [0.1, 0.15) is 11.1 Å². The molecular formula is C15H16BrNO2. The van der Waals surface area contributed by atoms with E-state index >= 15 is 0 Å². The first-order valence-corrected chi connectivity index (χ1v) is 6.77. The molecule has 0 bridgehead atoms. The Labute approximate surface area is 121 Å². The van der Waals surface area contributed by atoms with Crippen LogP contribution < -0.4 is 15.2 Å².